The molecule has 94 valence electrons. The van der Waals surface area contributed by atoms with E-state index in [9.17, 15) is 4.79 Å². The van der Waals surface area contributed by atoms with E-state index >= 15 is 0 Å². The van der Waals surface area contributed by atoms with Crippen LogP contribution in [0.1, 0.15) is 29.7 Å². The van der Waals surface area contributed by atoms with Crippen LogP contribution in [0.15, 0.2) is 29.1 Å². The van der Waals surface area contributed by atoms with Gasteiger partial charge in [0.05, 0.1) is 6.42 Å². The normalized spacial score (nSPS) is 10.6. The van der Waals surface area contributed by atoms with Crippen LogP contribution in [0.3, 0.4) is 0 Å². The van der Waals surface area contributed by atoms with Gasteiger partial charge < -0.3 is 0 Å². The number of hydrogen-bond donors (Lipinski definition) is 0. The van der Waals surface area contributed by atoms with Crippen molar-refractivity contribution in [2.24, 2.45) is 0 Å². The lowest BCUT2D eigenvalue weighted by Crippen LogP contribution is -2.12. The minimum Gasteiger partial charge on any atom is -0.292 e. The van der Waals surface area contributed by atoms with Crippen LogP contribution < -0.4 is 0 Å². The number of aromatic nitrogens is 4. The monoisotopic (exact) mass is 308 g/mol. The molecule has 0 aliphatic heterocycles. The van der Waals surface area contributed by atoms with Crippen LogP contribution in [0, 0.1) is 0 Å². The molecule has 2 aromatic heterocycles. The zero-order valence-electron chi connectivity index (χ0n) is 10.0. The predicted octanol–water partition coefficient (Wildman–Crippen LogP) is 2.27. The second-order valence-corrected chi connectivity index (χ2v) is 4.78. The van der Waals surface area contributed by atoms with Gasteiger partial charge in [-0.2, -0.15) is 5.10 Å². The van der Waals surface area contributed by atoms with Gasteiger partial charge in [-0.15, -0.1) is 0 Å². The highest BCUT2D eigenvalue weighted by Crippen LogP contribution is 2.09. The topological polar surface area (TPSA) is 60.7 Å². The van der Waals surface area contributed by atoms with Crippen molar-refractivity contribution in [3.63, 3.8) is 0 Å². The quantitative estimate of drug-likeness (QED) is 0.795. The first-order chi connectivity index (χ1) is 8.70. The van der Waals surface area contributed by atoms with Crippen molar-refractivity contribution in [1.29, 1.82) is 0 Å². The summed E-state index contributed by atoms with van der Waals surface area (Å²) in [4.78, 5) is 20.2. The van der Waals surface area contributed by atoms with Crippen molar-refractivity contribution in [3.8, 4) is 0 Å². The van der Waals surface area contributed by atoms with Crippen LogP contribution in [0.25, 0.3) is 0 Å². The standard InChI is InChI=1S/C12H13BrN4O/c1-2-5-17-12(15-8-16-17)6-11(18)10-4-3-9(13)7-14-10/h3-4,7-8H,2,5-6H2,1H3. The van der Waals surface area contributed by atoms with Gasteiger partial charge in [-0.3, -0.25) is 9.78 Å². The van der Waals surface area contributed by atoms with E-state index in [-0.39, 0.29) is 12.2 Å². The van der Waals surface area contributed by atoms with E-state index in [4.69, 9.17) is 0 Å². The number of rotatable bonds is 5. The van der Waals surface area contributed by atoms with Crippen LogP contribution in [-0.4, -0.2) is 25.5 Å². The van der Waals surface area contributed by atoms with E-state index in [0.717, 1.165) is 17.4 Å². The highest BCUT2D eigenvalue weighted by atomic mass is 79.9. The second-order valence-electron chi connectivity index (χ2n) is 3.86. The Morgan fingerprint density at radius 2 is 2.22 bits per heavy atom. The third-order valence-corrected chi connectivity index (χ3v) is 2.93. The van der Waals surface area contributed by atoms with Crippen molar-refractivity contribution in [2.45, 2.75) is 26.3 Å². The lowest BCUT2D eigenvalue weighted by Gasteiger charge is -2.03. The maximum absolute atomic E-state index is 12.0. The summed E-state index contributed by atoms with van der Waals surface area (Å²) >= 11 is 3.29. The molecule has 2 rings (SSSR count). The van der Waals surface area contributed by atoms with E-state index in [1.165, 1.54) is 6.33 Å². The van der Waals surface area contributed by atoms with Gasteiger partial charge in [-0.25, -0.2) is 9.67 Å². The third kappa shape index (κ3) is 3.01. The number of aryl methyl sites for hydroxylation is 1. The number of nitrogens with zero attached hydrogens (tertiary/aromatic N) is 4. The fourth-order valence-electron chi connectivity index (χ4n) is 1.60. The molecule has 0 aliphatic rings. The summed E-state index contributed by atoms with van der Waals surface area (Å²) in [6.07, 6.45) is 4.28. The van der Waals surface area contributed by atoms with Gasteiger partial charge >= 0.3 is 0 Å². The predicted molar refractivity (Wildman–Crippen MR) is 70.3 cm³/mol. The number of pyridine rings is 1. The van der Waals surface area contributed by atoms with Gasteiger partial charge in [0.25, 0.3) is 0 Å². The molecule has 0 spiro atoms. The molecule has 2 heterocycles. The van der Waals surface area contributed by atoms with Gasteiger partial charge in [0.15, 0.2) is 5.78 Å². The lowest BCUT2D eigenvalue weighted by atomic mass is 10.2. The largest absolute Gasteiger partial charge is 0.292 e. The lowest BCUT2D eigenvalue weighted by molar-refractivity contribution is 0.0984. The van der Waals surface area contributed by atoms with Crippen LogP contribution in [-0.2, 0) is 13.0 Å². The van der Waals surface area contributed by atoms with Crippen LogP contribution in [0.2, 0.25) is 0 Å². The van der Waals surface area contributed by atoms with Crippen molar-refractivity contribution in [1.82, 2.24) is 19.7 Å². The van der Waals surface area contributed by atoms with Crippen molar-refractivity contribution in [2.75, 3.05) is 0 Å². The number of carbonyl (C=O) groups excluding carboxylic acids is 1. The Kier molecular flexibility index (Phi) is 4.19. The Hall–Kier alpha value is -1.56. The number of hydrogen-bond acceptors (Lipinski definition) is 4. The molecule has 0 atom stereocenters. The fraction of sp³-hybridized carbons (Fsp3) is 0.333. The first kappa shape index (κ1) is 12.9. The highest BCUT2D eigenvalue weighted by molar-refractivity contribution is 9.10. The Morgan fingerprint density at radius 3 is 2.89 bits per heavy atom. The minimum atomic E-state index is -0.0483. The van der Waals surface area contributed by atoms with Gasteiger partial charge in [-0.05, 0) is 34.5 Å². The first-order valence-electron chi connectivity index (χ1n) is 5.72. The summed E-state index contributed by atoms with van der Waals surface area (Å²) in [5.74, 6) is 0.638. The molecule has 0 N–H and O–H groups in total. The molecule has 0 unspecified atom stereocenters. The zero-order chi connectivity index (χ0) is 13.0. The van der Waals surface area contributed by atoms with E-state index in [1.54, 1.807) is 23.0 Å². The van der Waals surface area contributed by atoms with E-state index in [1.807, 2.05) is 0 Å². The fourth-order valence-corrected chi connectivity index (χ4v) is 1.83. The van der Waals surface area contributed by atoms with Crippen LogP contribution >= 0.6 is 15.9 Å². The molecule has 5 nitrogen and oxygen atoms in total. The Labute approximate surface area is 113 Å². The average molecular weight is 309 g/mol. The maximum atomic E-state index is 12.0. The zero-order valence-corrected chi connectivity index (χ0v) is 11.6. The van der Waals surface area contributed by atoms with E-state index in [2.05, 4.69) is 37.9 Å². The molecule has 0 aromatic carbocycles. The smallest absolute Gasteiger partial charge is 0.188 e. The van der Waals surface area contributed by atoms with Crippen LogP contribution in [0.4, 0.5) is 0 Å². The second kappa shape index (κ2) is 5.86. The summed E-state index contributed by atoms with van der Waals surface area (Å²) in [5.41, 5.74) is 0.448. The van der Waals surface area contributed by atoms with Gasteiger partial charge in [-0.1, -0.05) is 6.92 Å². The molecule has 18 heavy (non-hydrogen) atoms. The summed E-state index contributed by atoms with van der Waals surface area (Å²) in [7, 11) is 0. The summed E-state index contributed by atoms with van der Waals surface area (Å²) in [6.45, 7) is 2.83. The molecule has 0 fully saturated rings. The number of Topliss-reactive ketones (excluding diaryl/α,β-unsaturated/α-hetero) is 1. The third-order valence-electron chi connectivity index (χ3n) is 2.46. The number of carbonyl (C=O) groups is 1. The van der Waals surface area contributed by atoms with Crippen molar-refractivity contribution < 1.29 is 4.79 Å². The summed E-state index contributed by atoms with van der Waals surface area (Å²) < 4.78 is 2.62. The Balaban J connectivity index is 2.11. The molecule has 2 aromatic rings. The molecular formula is C12H13BrN4O. The van der Waals surface area contributed by atoms with Crippen molar-refractivity contribution in [3.05, 3.63) is 40.6 Å². The minimum absolute atomic E-state index is 0.0483. The molecular weight excluding hydrogens is 296 g/mol. The van der Waals surface area contributed by atoms with E-state index in [0.29, 0.717) is 11.5 Å². The average Bonchev–Trinajstić information content (AvgIpc) is 2.78. The summed E-state index contributed by atoms with van der Waals surface area (Å²) in [5, 5.41) is 4.09. The van der Waals surface area contributed by atoms with Gasteiger partial charge in [0.2, 0.25) is 0 Å². The molecule has 0 aliphatic carbocycles. The van der Waals surface area contributed by atoms with Gasteiger partial charge in [0.1, 0.15) is 17.8 Å². The maximum Gasteiger partial charge on any atom is 0.188 e. The molecule has 0 amide bonds. The molecule has 0 saturated carbocycles. The van der Waals surface area contributed by atoms with E-state index < -0.39 is 0 Å². The Morgan fingerprint density at radius 1 is 1.39 bits per heavy atom. The summed E-state index contributed by atoms with van der Waals surface area (Å²) in [6, 6.07) is 3.50. The number of halogens is 1. The highest BCUT2D eigenvalue weighted by Gasteiger charge is 2.12. The first-order valence-corrected chi connectivity index (χ1v) is 6.51. The molecule has 6 heteroatoms. The van der Waals surface area contributed by atoms with Crippen LogP contribution in [0.5, 0.6) is 0 Å². The van der Waals surface area contributed by atoms with Crippen molar-refractivity contribution >= 4 is 21.7 Å². The number of ketones is 1. The molecule has 0 bridgehead atoms. The Bertz CT molecular complexity index is 535. The van der Waals surface area contributed by atoms with Gasteiger partial charge in [0, 0.05) is 17.2 Å². The molecule has 0 saturated heterocycles. The molecule has 0 radical (unpaired) electrons. The SMILES string of the molecule is CCCn1ncnc1CC(=O)c1ccc(Br)cn1.